The van der Waals surface area contributed by atoms with E-state index in [0.717, 1.165) is 11.6 Å². The summed E-state index contributed by atoms with van der Waals surface area (Å²) in [5, 5.41) is 0. The Kier molecular flexibility index (Phi) is 8.31. The molecule has 2 aromatic rings. The van der Waals surface area contributed by atoms with Crippen LogP contribution in [0.4, 0.5) is 4.39 Å². The van der Waals surface area contributed by atoms with E-state index in [4.69, 9.17) is 10.5 Å². The maximum absolute atomic E-state index is 13.5. The van der Waals surface area contributed by atoms with E-state index in [1.165, 1.54) is 23.5 Å². The molecule has 0 saturated carbocycles. The minimum absolute atomic E-state index is 0. The largest absolute Gasteiger partial charge is 0.494 e. The molecule has 0 atom stereocenters. The van der Waals surface area contributed by atoms with Gasteiger partial charge in [0.15, 0.2) is 11.6 Å². The van der Waals surface area contributed by atoms with Gasteiger partial charge in [-0.15, -0.1) is 12.4 Å². The Morgan fingerprint density at radius 2 is 1.80 bits per heavy atom. The Morgan fingerprint density at radius 3 is 2.40 bits per heavy atom. The van der Waals surface area contributed by atoms with Gasteiger partial charge in [-0.05, 0) is 24.1 Å². The fraction of sp³-hybridized carbons (Fsp3) is 0.294. The Morgan fingerprint density at radius 1 is 1.12 bits per heavy atom. The minimum Gasteiger partial charge on any atom is -0.494 e. The van der Waals surface area contributed by atoms with Crippen molar-refractivity contribution in [3.8, 4) is 5.75 Å². The zero-order valence-corrected chi connectivity index (χ0v) is 15.5. The van der Waals surface area contributed by atoms with Crippen molar-refractivity contribution in [1.82, 2.24) is 4.31 Å². The van der Waals surface area contributed by atoms with Gasteiger partial charge >= 0.3 is 0 Å². The van der Waals surface area contributed by atoms with Gasteiger partial charge in [-0.3, -0.25) is 0 Å². The van der Waals surface area contributed by atoms with Crippen LogP contribution in [0.3, 0.4) is 0 Å². The van der Waals surface area contributed by atoms with Crippen molar-refractivity contribution in [2.45, 2.75) is 11.3 Å². The number of hydrogen-bond acceptors (Lipinski definition) is 4. The first-order valence-corrected chi connectivity index (χ1v) is 9.00. The van der Waals surface area contributed by atoms with Crippen LogP contribution in [-0.2, 0) is 16.4 Å². The molecule has 2 rings (SSSR count). The zero-order chi connectivity index (χ0) is 17.6. The number of sulfonamides is 1. The molecule has 0 spiro atoms. The van der Waals surface area contributed by atoms with E-state index in [-0.39, 0.29) is 36.1 Å². The summed E-state index contributed by atoms with van der Waals surface area (Å²) in [7, 11) is -2.48. The van der Waals surface area contributed by atoms with Crippen LogP contribution in [0.25, 0.3) is 0 Å². The van der Waals surface area contributed by atoms with Crippen LogP contribution in [0.2, 0.25) is 0 Å². The van der Waals surface area contributed by atoms with Gasteiger partial charge in [0.1, 0.15) is 0 Å². The van der Waals surface area contributed by atoms with Gasteiger partial charge in [0.05, 0.1) is 12.0 Å². The lowest BCUT2D eigenvalue weighted by Crippen LogP contribution is -2.37. The van der Waals surface area contributed by atoms with Crippen LogP contribution in [-0.4, -0.2) is 39.5 Å². The predicted molar refractivity (Wildman–Crippen MR) is 98.2 cm³/mol. The average Bonchev–Trinajstić information content (AvgIpc) is 2.59. The highest BCUT2D eigenvalue weighted by Gasteiger charge is 2.25. The van der Waals surface area contributed by atoms with Gasteiger partial charge in [0.2, 0.25) is 10.0 Å². The molecule has 0 amide bonds. The Balaban J connectivity index is 0.00000312. The SMILES string of the molecule is COc1cc(S(=O)(=O)N(CCN)CCc2ccccc2)ccc1F.Cl. The second-order valence-electron chi connectivity index (χ2n) is 5.22. The molecular weight excluding hydrogens is 367 g/mol. The maximum atomic E-state index is 13.5. The average molecular weight is 389 g/mol. The van der Waals surface area contributed by atoms with E-state index in [2.05, 4.69) is 0 Å². The summed E-state index contributed by atoms with van der Waals surface area (Å²) < 4.78 is 45.3. The summed E-state index contributed by atoms with van der Waals surface area (Å²) in [5.41, 5.74) is 6.60. The molecule has 0 unspecified atom stereocenters. The molecule has 2 N–H and O–H groups in total. The molecule has 0 heterocycles. The van der Waals surface area contributed by atoms with Crippen molar-refractivity contribution in [1.29, 1.82) is 0 Å². The minimum atomic E-state index is -3.78. The van der Waals surface area contributed by atoms with Crippen LogP contribution in [0.5, 0.6) is 5.75 Å². The molecule has 0 aliphatic carbocycles. The third kappa shape index (κ3) is 5.40. The second-order valence-corrected chi connectivity index (χ2v) is 7.16. The second kappa shape index (κ2) is 9.72. The molecule has 0 radical (unpaired) electrons. The molecule has 25 heavy (non-hydrogen) atoms. The Bertz CT molecular complexity index is 773. The van der Waals surface area contributed by atoms with Gasteiger partial charge < -0.3 is 10.5 Å². The van der Waals surface area contributed by atoms with E-state index in [1.54, 1.807) is 0 Å². The first kappa shape index (κ1) is 21.4. The van der Waals surface area contributed by atoms with E-state index in [0.29, 0.717) is 13.0 Å². The summed E-state index contributed by atoms with van der Waals surface area (Å²) in [6, 6.07) is 13.1. The summed E-state index contributed by atoms with van der Waals surface area (Å²) in [4.78, 5) is -0.0118. The van der Waals surface area contributed by atoms with Gasteiger partial charge in [-0.1, -0.05) is 30.3 Å². The molecule has 2 aromatic carbocycles. The molecule has 0 aliphatic rings. The fourth-order valence-electron chi connectivity index (χ4n) is 2.34. The first-order chi connectivity index (χ1) is 11.5. The highest BCUT2D eigenvalue weighted by Crippen LogP contribution is 2.24. The molecule has 0 fully saturated rings. The fourth-order valence-corrected chi connectivity index (χ4v) is 3.82. The topological polar surface area (TPSA) is 72.6 Å². The van der Waals surface area contributed by atoms with E-state index in [9.17, 15) is 12.8 Å². The number of ether oxygens (including phenoxy) is 1. The van der Waals surface area contributed by atoms with Crippen molar-refractivity contribution in [3.63, 3.8) is 0 Å². The van der Waals surface area contributed by atoms with Crippen molar-refractivity contribution >= 4 is 22.4 Å². The highest BCUT2D eigenvalue weighted by atomic mass is 35.5. The normalized spacial score (nSPS) is 11.2. The maximum Gasteiger partial charge on any atom is 0.243 e. The first-order valence-electron chi connectivity index (χ1n) is 7.56. The number of rotatable bonds is 8. The molecule has 0 bridgehead atoms. The predicted octanol–water partition coefficient (Wildman–Crippen LogP) is 2.45. The van der Waals surface area contributed by atoms with Gasteiger partial charge in [-0.2, -0.15) is 4.31 Å². The lowest BCUT2D eigenvalue weighted by atomic mass is 10.1. The summed E-state index contributed by atoms with van der Waals surface area (Å²) in [6.45, 7) is 0.685. The number of halogens is 2. The molecule has 5 nitrogen and oxygen atoms in total. The molecule has 0 saturated heterocycles. The molecular formula is C17H22ClFN2O3S. The lowest BCUT2D eigenvalue weighted by Gasteiger charge is -2.22. The third-order valence-electron chi connectivity index (χ3n) is 3.63. The van der Waals surface area contributed by atoms with Crippen LogP contribution in [0, 0.1) is 5.82 Å². The zero-order valence-electron chi connectivity index (χ0n) is 13.9. The molecule has 0 aliphatic heterocycles. The van der Waals surface area contributed by atoms with Gasteiger partial charge in [-0.25, -0.2) is 12.8 Å². The summed E-state index contributed by atoms with van der Waals surface area (Å²) >= 11 is 0. The van der Waals surface area contributed by atoms with E-state index in [1.807, 2.05) is 30.3 Å². The third-order valence-corrected chi connectivity index (χ3v) is 5.53. The van der Waals surface area contributed by atoms with Crippen molar-refractivity contribution in [3.05, 3.63) is 59.9 Å². The molecule has 138 valence electrons. The van der Waals surface area contributed by atoms with Crippen LogP contribution < -0.4 is 10.5 Å². The smallest absolute Gasteiger partial charge is 0.243 e. The molecule has 0 aromatic heterocycles. The van der Waals surface area contributed by atoms with E-state index >= 15 is 0 Å². The van der Waals surface area contributed by atoms with Crippen LogP contribution in [0.15, 0.2) is 53.4 Å². The number of nitrogens with two attached hydrogens (primary N) is 1. The van der Waals surface area contributed by atoms with Crippen LogP contribution in [0.1, 0.15) is 5.56 Å². The Labute approximate surface area is 154 Å². The molecule has 8 heteroatoms. The highest BCUT2D eigenvalue weighted by molar-refractivity contribution is 7.89. The Hall–Kier alpha value is -1.67. The number of hydrogen-bond donors (Lipinski definition) is 1. The van der Waals surface area contributed by atoms with Gasteiger partial charge in [0, 0.05) is 25.7 Å². The monoisotopic (exact) mass is 388 g/mol. The quantitative estimate of drug-likeness (QED) is 0.753. The van der Waals surface area contributed by atoms with Crippen molar-refractivity contribution in [2.75, 3.05) is 26.7 Å². The van der Waals surface area contributed by atoms with Crippen molar-refractivity contribution < 1.29 is 17.5 Å². The number of benzene rings is 2. The van der Waals surface area contributed by atoms with Crippen LogP contribution >= 0.6 is 12.4 Å². The van der Waals surface area contributed by atoms with Crippen molar-refractivity contribution in [2.24, 2.45) is 5.73 Å². The lowest BCUT2D eigenvalue weighted by molar-refractivity contribution is 0.383. The summed E-state index contributed by atoms with van der Waals surface area (Å²) in [5.74, 6) is -0.710. The number of nitrogens with zero attached hydrogens (tertiary/aromatic N) is 1. The summed E-state index contributed by atoms with van der Waals surface area (Å²) in [6.07, 6.45) is 0.568. The van der Waals surface area contributed by atoms with E-state index < -0.39 is 15.8 Å². The standard InChI is InChI=1S/C17H21FN2O3S.ClH/c1-23-17-13-15(7-8-16(17)18)24(21,22)20(12-10-19)11-9-14-5-3-2-4-6-14;/h2-8,13H,9-12,19H2,1H3;1H. The number of methoxy groups -OCH3 is 1. The van der Waals surface area contributed by atoms with Gasteiger partial charge in [0.25, 0.3) is 0 Å².